The average molecular weight is 394 g/mol. The van der Waals surface area contributed by atoms with Crippen molar-refractivity contribution in [1.29, 1.82) is 0 Å². The van der Waals surface area contributed by atoms with Crippen LogP contribution in [0.5, 0.6) is 0 Å². The largest absolute Gasteiger partial charge is 0.379 e. The number of rotatable bonds is 2. The van der Waals surface area contributed by atoms with Crippen LogP contribution in [0.3, 0.4) is 0 Å². The van der Waals surface area contributed by atoms with E-state index in [2.05, 4.69) is 4.90 Å². The lowest BCUT2D eigenvalue weighted by molar-refractivity contribution is -0.116. The van der Waals surface area contributed by atoms with E-state index in [0.29, 0.717) is 37.7 Å². The molecule has 3 aliphatic rings. The van der Waals surface area contributed by atoms with Gasteiger partial charge in [-0.15, -0.1) is 0 Å². The molecule has 7 nitrogen and oxygen atoms in total. The molecule has 1 amide bonds. The second-order valence-corrected chi connectivity index (χ2v) is 9.81. The Bertz CT molecular complexity index is 841. The van der Waals surface area contributed by atoms with Gasteiger partial charge in [0.15, 0.2) is 0 Å². The Hall–Kier alpha value is -1.48. The molecule has 4 rings (SSSR count). The van der Waals surface area contributed by atoms with Gasteiger partial charge in [0.25, 0.3) is 0 Å². The molecule has 1 aromatic carbocycles. The molecule has 3 heterocycles. The van der Waals surface area contributed by atoms with Gasteiger partial charge in [0, 0.05) is 44.7 Å². The molecule has 3 aliphatic heterocycles. The molecular formula is C19H27N3O4S. The van der Waals surface area contributed by atoms with Crippen LogP contribution < -0.4 is 4.90 Å². The summed E-state index contributed by atoms with van der Waals surface area (Å²) in [5.74, 6) is 0.177. The summed E-state index contributed by atoms with van der Waals surface area (Å²) >= 11 is 0. The predicted molar refractivity (Wildman–Crippen MR) is 102 cm³/mol. The highest BCUT2D eigenvalue weighted by Gasteiger charge is 2.39. The average Bonchev–Trinajstić information content (AvgIpc) is 2.91. The minimum Gasteiger partial charge on any atom is -0.379 e. The van der Waals surface area contributed by atoms with Gasteiger partial charge in [0.1, 0.15) is 0 Å². The highest BCUT2D eigenvalue weighted by molar-refractivity contribution is 7.89. The second kappa shape index (κ2) is 7.16. The van der Waals surface area contributed by atoms with Crippen LogP contribution in [0.15, 0.2) is 23.1 Å². The van der Waals surface area contributed by atoms with E-state index in [9.17, 15) is 13.2 Å². The van der Waals surface area contributed by atoms with Gasteiger partial charge in [-0.05, 0) is 43.7 Å². The van der Waals surface area contributed by atoms with Crippen LogP contribution in [-0.4, -0.2) is 76.0 Å². The standard InChI is InChI=1S/C19H27N3O4S/c1-14(23)21-7-3-4-16-8-18(5-6-19(16)21)27(24,25)22-10-15-9-20(2)11-17(22)13-26-12-15/h5-6,8,15,17H,3-4,7,9-13H2,1-2H3/t15-,17-/m0/s1. The number of hydrogen-bond donors (Lipinski definition) is 0. The zero-order valence-electron chi connectivity index (χ0n) is 15.9. The number of hydrogen-bond acceptors (Lipinski definition) is 5. The fraction of sp³-hybridized carbons (Fsp3) is 0.632. The minimum absolute atomic E-state index is 0.00643. The van der Waals surface area contributed by atoms with Gasteiger partial charge in [0.2, 0.25) is 15.9 Å². The van der Waals surface area contributed by atoms with E-state index >= 15 is 0 Å². The summed E-state index contributed by atoms with van der Waals surface area (Å²) in [4.78, 5) is 16.1. The van der Waals surface area contributed by atoms with Crippen LogP contribution in [0, 0.1) is 5.92 Å². The SMILES string of the molecule is CC(=O)N1CCCc2cc(S(=O)(=O)N3C[C@H]4COC[C@@H]3CN(C)C4)ccc21. The van der Waals surface area contributed by atoms with E-state index in [4.69, 9.17) is 4.74 Å². The van der Waals surface area contributed by atoms with Crippen LogP contribution >= 0.6 is 0 Å². The molecule has 148 valence electrons. The summed E-state index contributed by atoms with van der Waals surface area (Å²) in [6.45, 7) is 5.29. The number of ether oxygens (including phenoxy) is 1. The molecule has 0 radical (unpaired) electrons. The third-order valence-electron chi connectivity index (χ3n) is 5.76. The first kappa shape index (κ1) is 18.9. The second-order valence-electron chi connectivity index (χ2n) is 7.92. The Morgan fingerprint density at radius 2 is 2.00 bits per heavy atom. The molecule has 2 fully saturated rings. The number of fused-ring (bicyclic) bond motifs is 4. The fourth-order valence-electron chi connectivity index (χ4n) is 4.53. The Kier molecular flexibility index (Phi) is 5.00. The maximum absolute atomic E-state index is 13.5. The normalized spacial score (nSPS) is 27.1. The van der Waals surface area contributed by atoms with Crippen molar-refractivity contribution in [2.75, 3.05) is 51.3 Å². The number of aryl methyl sites for hydroxylation is 1. The fourth-order valence-corrected chi connectivity index (χ4v) is 6.26. The van der Waals surface area contributed by atoms with Crippen molar-refractivity contribution in [3.05, 3.63) is 23.8 Å². The van der Waals surface area contributed by atoms with Crippen molar-refractivity contribution in [3.63, 3.8) is 0 Å². The molecule has 0 spiro atoms. The van der Waals surface area contributed by atoms with Crippen LogP contribution in [0.4, 0.5) is 5.69 Å². The first-order valence-corrected chi connectivity index (χ1v) is 11.0. The summed E-state index contributed by atoms with van der Waals surface area (Å²) in [7, 11) is -1.57. The van der Waals surface area contributed by atoms with Gasteiger partial charge in [-0.3, -0.25) is 4.79 Å². The van der Waals surface area contributed by atoms with Crippen LogP contribution in [0.25, 0.3) is 0 Å². The summed E-state index contributed by atoms with van der Waals surface area (Å²) in [6, 6.07) is 5.03. The minimum atomic E-state index is -3.61. The lowest BCUT2D eigenvalue weighted by Crippen LogP contribution is -2.45. The van der Waals surface area contributed by atoms with Crippen molar-refractivity contribution in [3.8, 4) is 0 Å². The molecule has 2 saturated heterocycles. The smallest absolute Gasteiger partial charge is 0.243 e. The number of nitrogens with zero attached hydrogens (tertiary/aromatic N) is 3. The van der Waals surface area contributed by atoms with Crippen molar-refractivity contribution in [2.45, 2.75) is 30.7 Å². The summed E-state index contributed by atoms with van der Waals surface area (Å²) in [5, 5.41) is 0. The molecular weight excluding hydrogens is 366 g/mol. The van der Waals surface area contributed by atoms with Gasteiger partial charge >= 0.3 is 0 Å². The molecule has 2 bridgehead atoms. The molecule has 8 heteroatoms. The lowest BCUT2D eigenvalue weighted by Gasteiger charge is -2.31. The Balaban J connectivity index is 1.69. The highest BCUT2D eigenvalue weighted by atomic mass is 32.2. The van der Waals surface area contributed by atoms with E-state index < -0.39 is 10.0 Å². The van der Waals surface area contributed by atoms with E-state index in [1.807, 2.05) is 7.05 Å². The van der Waals surface area contributed by atoms with Crippen LogP contribution in [-0.2, 0) is 26.0 Å². The van der Waals surface area contributed by atoms with Crippen molar-refractivity contribution in [2.24, 2.45) is 5.92 Å². The maximum atomic E-state index is 13.5. The molecule has 27 heavy (non-hydrogen) atoms. The molecule has 0 unspecified atom stereocenters. The van der Waals surface area contributed by atoms with Gasteiger partial charge in [0.05, 0.1) is 24.2 Å². The van der Waals surface area contributed by atoms with Crippen molar-refractivity contribution < 1.29 is 17.9 Å². The Morgan fingerprint density at radius 3 is 2.78 bits per heavy atom. The number of sulfonamides is 1. The summed E-state index contributed by atoms with van der Waals surface area (Å²) in [5.41, 5.74) is 1.77. The third kappa shape index (κ3) is 3.51. The van der Waals surface area contributed by atoms with Crippen molar-refractivity contribution >= 4 is 21.6 Å². The van der Waals surface area contributed by atoms with Gasteiger partial charge in [-0.1, -0.05) is 0 Å². The number of benzene rings is 1. The first-order chi connectivity index (χ1) is 12.9. The number of anilines is 1. The monoisotopic (exact) mass is 393 g/mol. The van der Waals surface area contributed by atoms with Crippen LogP contribution in [0.2, 0.25) is 0 Å². The molecule has 0 aliphatic carbocycles. The maximum Gasteiger partial charge on any atom is 0.243 e. The summed E-state index contributed by atoms with van der Waals surface area (Å²) < 4.78 is 34.3. The topological polar surface area (TPSA) is 70.2 Å². The molecule has 1 aromatic rings. The summed E-state index contributed by atoms with van der Waals surface area (Å²) in [6.07, 6.45) is 1.64. The zero-order valence-corrected chi connectivity index (χ0v) is 16.7. The van der Waals surface area contributed by atoms with E-state index in [1.165, 1.54) is 0 Å². The highest BCUT2D eigenvalue weighted by Crippen LogP contribution is 2.32. The number of amides is 1. The molecule has 0 saturated carbocycles. The number of carbonyl (C=O) groups excluding carboxylic acids is 1. The number of carbonyl (C=O) groups is 1. The molecule has 2 atom stereocenters. The number of likely N-dealkylation sites (N-methyl/N-ethyl adjacent to an activating group) is 1. The predicted octanol–water partition coefficient (Wildman–Crippen LogP) is 0.937. The van der Waals surface area contributed by atoms with E-state index in [0.717, 1.165) is 30.6 Å². The van der Waals surface area contributed by atoms with Crippen molar-refractivity contribution in [1.82, 2.24) is 9.21 Å². The third-order valence-corrected chi connectivity index (χ3v) is 7.67. The zero-order chi connectivity index (χ0) is 19.2. The lowest BCUT2D eigenvalue weighted by atomic mass is 10.0. The van der Waals surface area contributed by atoms with Gasteiger partial charge in [-0.2, -0.15) is 4.31 Å². The van der Waals surface area contributed by atoms with Gasteiger partial charge in [-0.25, -0.2) is 8.42 Å². The molecule has 0 aromatic heterocycles. The molecule has 0 N–H and O–H groups in total. The quantitative estimate of drug-likeness (QED) is 0.748. The Labute approximate surface area is 160 Å². The van der Waals surface area contributed by atoms with Gasteiger partial charge < -0.3 is 14.5 Å². The Morgan fingerprint density at radius 1 is 1.19 bits per heavy atom. The van der Waals surface area contributed by atoms with E-state index in [-0.39, 0.29) is 17.9 Å². The van der Waals surface area contributed by atoms with E-state index in [1.54, 1.807) is 34.3 Å². The van der Waals surface area contributed by atoms with Crippen LogP contribution in [0.1, 0.15) is 18.9 Å². The first-order valence-electron chi connectivity index (χ1n) is 9.55.